The van der Waals surface area contributed by atoms with Gasteiger partial charge in [0.1, 0.15) is 17.1 Å². The van der Waals surface area contributed by atoms with Crippen molar-refractivity contribution in [2.24, 2.45) is 7.05 Å². The number of nitrogens with zero attached hydrogens (tertiary/aromatic N) is 4. The molecular weight excluding hydrogens is 474 g/mol. The maximum Gasteiger partial charge on any atom is 0.335 e. The molecule has 2 aromatic carbocycles. The molecule has 12 heteroatoms. The second-order valence-electron chi connectivity index (χ2n) is 7.80. The number of ether oxygens (including phenoxy) is 1. The normalized spacial score (nSPS) is 12.3. The van der Waals surface area contributed by atoms with Gasteiger partial charge in [0.15, 0.2) is 11.6 Å². The number of aryl methyl sites for hydroxylation is 2. The molecule has 0 radical (unpaired) electrons. The van der Waals surface area contributed by atoms with Crippen molar-refractivity contribution >= 4 is 40.2 Å². The number of likely N-dealkylation sites (tertiary alicyclic amines) is 1. The van der Waals surface area contributed by atoms with E-state index in [0.717, 1.165) is 12.0 Å². The summed E-state index contributed by atoms with van der Waals surface area (Å²) in [6, 6.07) is 12.5. The third-order valence-electron chi connectivity index (χ3n) is 5.31. The lowest BCUT2D eigenvalue weighted by Gasteiger charge is -2.29. The van der Waals surface area contributed by atoms with E-state index in [1.165, 1.54) is 11.0 Å². The molecule has 0 bridgehead atoms. The van der Waals surface area contributed by atoms with Crippen LogP contribution in [0.1, 0.15) is 32.9 Å². The number of fused-ring (bicyclic) bond motifs is 1. The van der Waals surface area contributed by atoms with Crippen molar-refractivity contribution in [1.29, 1.82) is 0 Å². The highest BCUT2D eigenvalue weighted by Crippen LogP contribution is 2.35. The number of hydrogen-bond acceptors (Lipinski definition) is 8. The zero-order valence-electron chi connectivity index (χ0n) is 18.9. The van der Waals surface area contributed by atoms with Gasteiger partial charge in [0.2, 0.25) is 0 Å². The van der Waals surface area contributed by atoms with E-state index in [2.05, 4.69) is 15.5 Å². The minimum Gasteiger partial charge on any atom is -0.457 e. The quantitative estimate of drug-likeness (QED) is 0.446. The maximum absolute atomic E-state index is 12.9. The zero-order valence-corrected chi connectivity index (χ0v) is 19.7. The monoisotopic (exact) mass is 495 g/mol. The minimum atomic E-state index is -0.750. The van der Waals surface area contributed by atoms with Crippen LogP contribution in [0, 0.1) is 6.92 Å². The van der Waals surface area contributed by atoms with Crippen LogP contribution >= 0.6 is 0 Å². The summed E-state index contributed by atoms with van der Waals surface area (Å²) in [6.45, 7) is 3.42. The van der Waals surface area contributed by atoms with E-state index in [1.807, 2.05) is 31.2 Å². The van der Waals surface area contributed by atoms with Gasteiger partial charge in [0.05, 0.1) is 11.6 Å². The Bertz CT molecular complexity index is 1420. The predicted molar refractivity (Wildman–Crippen MR) is 126 cm³/mol. The van der Waals surface area contributed by atoms with Crippen LogP contribution in [0.2, 0.25) is 0 Å². The highest BCUT2D eigenvalue weighted by molar-refractivity contribution is 7.51. The smallest absolute Gasteiger partial charge is 0.335 e. The molecule has 1 fully saturated rings. The molecule has 180 valence electrons. The van der Waals surface area contributed by atoms with Crippen LogP contribution in [-0.2, 0) is 18.6 Å². The number of carbonyl (C=O) groups is 2. The Morgan fingerprint density at radius 1 is 1.11 bits per heavy atom. The molecule has 35 heavy (non-hydrogen) atoms. The summed E-state index contributed by atoms with van der Waals surface area (Å²) in [6.07, 6.45) is 2.44. The number of carbonyl (C=O) groups excluding carboxylic acids is 2. The zero-order chi connectivity index (χ0) is 24.9. The summed E-state index contributed by atoms with van der Waals surface area (Å²) >= 11 is -0.750. The summed E-state index contributed by atoms with van der Waals surface area (Å²) in [5, 5.41) is 11.3. The lowest BCUT2D eigenvalue weighted by atomic mass is 10.1. The molecule has 3 heterocycles. The Balaban J connectivity index is 0.000000917. The second kappa shape index (κ2) is 10.3. The van der Waals surface area contributed by atoms with Gasteiger partial charge in [-0.25, -0.2) is 0 Å². The van der Waals surface area contributed by atoms with Gasteiger partial charge in [-0.2, -0.15) is 18.3 Å². The molecule has 1 aliphatic heterocycles. The largest absolute Gasteiger partial charge is 0.457 e. The van der Waals surface area contributed by atoms with Crippen molar-refractivity contribution in [3.8, 4) is 11.5 Å². The van der Waals surface area contributed by atoms with Gasteiger partial charge in [0.25, 0.3) is 11.8 Å². The first kappa shape index (κ1) is 23.8. The topological polar surface area (TPSA) is 137 Å². The van der Waals surface area contributed by atoms with E-state index < -0.39 is 17.5 Å². The van der Waals surface area contributed by atoms with Crippen molar-refractivity contribution in [3.05, 3.63) is 65.5 Å². The fraction of sp³-hybridized carbons (Fsp3) is 0.217. The first-order valence-electron chi connectivity index (χ1n) is 10.6. The number of amides is 2. The van der Waals surface area contributed by atoms with Crippen molar-refractivity contribution < 1.29 is 27.2 Å². The van der Waals surface area contributed by atoms with Gasteiger partial charge in [-0.1, -0.05) is 17.7 Å². The van der Waals surface area contributed by atoms with Gasteiger partial charge in [-0.05, 0) is 37.6 Å². The molecule has 0 atom stereocenters. The van der Waals surface area contributed by atoms with Crippen LogP contribution in [0.25, 0.3) is 11.0 Å². The van der Waals surface area contributed by atoms with Crippen LogP contribution < -0.4 is 10.1 Å². The molecule has 4 aromatic rings. The molecule has 0 saturated carbocycles. The van der Waals surface area contributed by atoms with E-state index in [9.17, 15) is 9.59 Å². The van der Waals surface area contributed by atoms with Gasteiger partial charge in [-0.3, -0.25) is 9.59 Å². The fourth-order valence-electron chi connectivity index (χ4n) is 3.43. The number of benzene rings is 2. The Hall–Kier alpha value is -4.32. The van der Waals surface area contributed by atoms with Crippen molar-refractivity contribution in [2.45, 2.75) is 13.3 Å². The van der Waals surface area contributed by atoms with Crippen LogP contribution in [0.15, 0.2) is 53.1 Å². The number of hydrogen-bond donors (Lipinski definition) is 1. The molecule has 1 aliphatic rings. The molecule has 0 spiro atoms. The average Bonchev–Trinajstić information content (AvgIpc) is 3.40. The third-order valence-corrected chi connectivity index (χ3v) is 5.31. The van der Waals surface area contributed by atoms with Gasteiger partial charge in [-0.15, -0.1) is 5.10 Å². The minimum absolute atomic E-state index is 0.167. The number of furan rings is 1. The number of anilines is 1. The van der Waals surface area contributed by atoms with Crippen LogP contribution in [0.5, 0.6) is 11.5 Å². The molecule has 2 aromatic heterocycles. The van der Waals surface area contributed by atoms with Gasteiger partial charge in [0, 0.05) is 31.8 Å². The molecule has 0 unspecified atom stereocenters. The van der Waals surface area contributed by atoms with E-state index in [1.54, 1.807) is 30.1 Å². The summed E-state index contributed by atoms with van der Waals surface area (Å²) in [5.74, 6) is 1.02. The Morgan fingerprint density at radius 2 is 1.83 bits per heavy atom. The lowest BCUT2D eigenvalue weighted by molar-refractivity contribution is 0.0621. The molecule has 0 aliphatic carbocycles. The Labute approximate surface area is 203 Å². The molecule has 5 rings (SSSR count). The van der Waals surface area contributed by atoms with Crippen LogP contribution in [-0.4, -0.2) is 53.2 Å². The SMILES string of the molecule is Cc1ccc(Oc2cc(C(=O)Nc3cnn(C)n3)cc3oc(C(=O)N4CCC4)cc23)cc1.O=S=O. The molecule has 11 nitrogen and oxygen atoms in total. The molecule has 1 N–H and O–H groups in total. The number of nitrogens with one attached hydrogen (secondary N) is 1. The standard InChI is InChI=1S/C23H21N5O4.O2S/c1-14-4-6-16(7-5-14)31-18-10-15(22(29)25-21-13-24-27(2)26-21)11-19-17(18)12-20(32-19)23(30)28-8-3-9-28;1-3-2/h4-7,10-13H,3,8-9H2,1-2H3,(H,25,26,29);. The highest BCUT2D eigenvalue weighted by Gasteiger charge is 2.26. The Kier molecular flexibility index (Phi) is 7.01. The summed E-state index contributed by atoms with van der Waals surface area (Å²) < 4.78 is 28.5. The summed E-state index contributed by atoms with van der Waals surface area (Å²) in [5.41, 5.74) is 1.80. The van der Waals surface area contributed by atoms with E-state index in [0.29, 0.717) is 46.9 Å². The van der Waals surface area contributed by atoms with E-state index in [-0.39, 0.29) is 11.7 Å². The van der Waals surface area contributed by atoms with Crippen molar-refractivity contribution in [2.75, 3.05) is 18.4 Å². The van der Waals surface area contributed by atoms with E-state index >= 15 is 0 Å². The molecule has 1 saturated heterocycles. The summed E-state index contributed by atoms with van der Waals surface area (Å²) in [7, 11) is 1.66. The van der Waals surface area contributed by atoms with Gasteiger partial charge < -0.3 is 19.4 Å². The first-order valence-corrected chi connectivity index (χ1v) is 11.3. The van der Waals surface area contributed by atoms with Gasteiger partial charge >= 0.3 is 11.6 Å². The Morgan fingerprint density at radius 3 is 2.43 bits per heavy atom. The molecule has 2 amide bonds. The van der Waals surface area contributed by atoms with Crippen LogP contribution in [0.4, 0.5) is 5.82 Å². The highest BCUT2D eigenvalue weighted by atomic mass is 32.1. The molecular formula is C23H21N5O6S. The average molecular weight is 496 g/mol. The summed E-state index contributed by atoms with van der Waals surface area (Å²) in [4.78, 5) is 28.6. The van der Waals surface area contributed by atoms with Crippen molar-refractivity contribution in [1.82, 2.24) is 19.9 Å². The number of rotatable bonds is 5. The lowest BCUT2D eigenvalue weighted by Crippen LogP contribution is -2.41. The van der Waals surface area contributed by atoms with Crippen molar-refractivity contribution in [3.63, 3.8) is 0 Å². The van der Waals surface area contributed by atoms with Crippen LogP contribution in [0.3, 0.4) is 0 Å². The number of aromatic nitrogens is 3. The first-order chi connectivity index (χ1) is 16.9. The van der Waals surface area contributed by atoms with E-state index in [4.69, 9.17) is 17.6 Å². The predicted octanol–water partition coefficient (Wildman–Crippen LogP) is 3.09. The maximum atomic E-state index is 12.9. The second-order valence-corrected chi connectivity index (χ2v) is 7.94. The third kappa shape index (κ3) is 5.44. The fourth-order valence-corrected chi connectivity index (χ4v) is 3.43.